The van der Waals surface area contributed by atoms with Crippen molar-refractivity contribution >= 4 is 34.0 Å². The first-order valence-electron chi connectivity index (χ1n) is 6.58. The van der Waals surface area contributed by atoms with Gasteiger partial charge in [0.1, 0.15) is 16.7 Å². The van der Waals surface area contributed by atoms with Gasteiger partial charge in [0.15, 0.2) is 4.34 Å². The fourth-order valence-electron chi connectivity index (χ4n) is 1.62. The minimum absolute atomic E-state index is 0.660. The van der Waals surface area contributed by atoms with E-state index in [0.717, 1.165) is 38.7 Å². The number of nitrogens with one attached hydrogen (secondary N) is 1. The van der Waals surface area contributed by atoms with Crippen molar-refractivity contribution in [3.63, 3.8) is 0 Å². The molecule has 114 valence electrons. The molecule has 2 rings (SSSR count). The third-order valence-corrected chi connectivity index (χ3v) is 4.95. The molecule has 2 heterocycles. The molecule has 0 bridgehead atoms. The summed E-state index contributed by atoms with van der Waals surface area (Å²) < 4.78 is 0.853. The van der Waals surface area contributed by atoms with Crippen LogP contribution in [-0.2, 0) is 6.42 Å². The van der Waals surface area contributed by atoms with Crippen LogP contribution in [0.5, 0.6) is 0 Å². The van der Waals surface area contributed by atoms with Crippen molar-refractivity contribution in [2.45, 2.75) is 36.1 Å². The van der Waals surface area contributed by atoms with Gasteiger partial charge in [-0.1, -0.05) is 18.3 Å². The third kappa shape index (κ3) is 3.80. The van der Waals surface area contributed by atoms with Crippen molar-refractivity contribution in [3.05, 3.63) is 11.4 Å². The van der Waals surface area contributed by atoms with Crippen LogP contribution >= 0.6 is 23.1 Å². The largest absolute Gasteiger partial charge is 0.353 e. The van der Waals surface area contributed by atoms with Crippen LogP contribution in [0, 0.1) is 6.92 Å². The Balaban J connectivity index is 2.30. The Bertz CT molecular complexity index is 612. The number of aromatic nitrogens is 4. The first-order chi connectivity index (χ1) is 10.0. The fraction of sp³-hybridized carbons (Fsp3) is 0.500. The number of hydrazine groups is 1. The summed E-state index contributed by atoms with van der Waals surface area (Å²) in [6.45, 7) is 4.04. The van der Waals surface area contributed by atoms with Crippen molar-refractivity contribution in [2.24, 2.45) is 5.84 Å². The molecule has 0 fully saturated rings. The molecule has 0 atom stereocenters. The van der Waals surface area contributed by atoms with Crippen molar-refractivity contribution in [1.82, 2.24) is 20.2 Å². The van der Waals surface area contributed by atoms with Crippen LogP contribution in [0.1, 0.15) is 24.7 Å². The van der Waals surface area contributed by atoms with E-state index in [2.05, 4.69) is 32.5 Å². The second-order valence-corrected chi connectivity index (χ2v) is 6.85. The Labute approximate surface area is 132 Å². The zero-order valence-corrected chi connectivity index (χ0v) is 14.2. The average molecular weight is 325 g/mol. The second-order valence-electron chi connectivity index (χ2n) is 4.66. The molecule has 0 saturated heterocycles. The van der Waals surface area contributed by atoms with E-state index in [0.29, 0.717) is 5.82 Å². The maximum Gasteiger partial charge on any atom is 0.208 e. The molecule has 7 nitrogen and oxygen atoms in total. The van der Waals surface area contributed by atoms with Crippen molar-refractivity contribution in [2.75, 3.05) is 24.4 Å². The first kappa shape index (κ1) is 15.9. The highest BCUT2D eigenvalue weighted by Crippen LogP contribution is 2.34. The molecule has 0 unspecified atom stereocenters. The topological polar surface area (TPSA) is 92.8 Å². The second kappa shape index (κ2) is 7.01. The lowest BCUT2D eigenvalue weighted by Crippen LogP contribution is -2.13. The molecule has 0 aliphatic heterocycles. The number of anilines is 2. The number of rotatable bonds is 6. The molecule has 9 heteroatoms. The van der Waals surface area contributed by atoms with Crippen molar-refractivity contribution in [3.8, 4) is 0 Å². The third-order valence-electron chi connectivity index (χ3n) is 2.72. The SMILES string of the molecule is CCCc1nc(NN)c(C)c(Sc2nnc(N(C)C)s2)n1. The number of hydrogen-bond donors (Lipinski definition) is 2. The summed E-state index contributed by atoms with van der Waals surface area (Å²) in [4.78, 5) is 11.0. The van der Waals surface area contributed by atoms with Gasteiger partial charge in [-0.15, -0.1) is 10.2 Å². The molecule has 2 aromatic rings. The van der Waals surface area contributed by atoms with E-state index in [1.807, 2.05) is 25.9 Å². The maximum absolute atomic E-state index is 5.54. The molecule has 3 N–H and O–H groups in total. The number of nitrogen functional groups attached to an aromatic ring is 1. The van der Waals surface area contributed by atoms with Gasteiger partial charge in [0.25, 0.3) is 0 Å². The van der Waals surface area contributed by atoms with Crippen LogP contribution in [0.4, 0.5) is 10.9 Å². The fourth-order valence-corrected chi connectivity index (χ4v) is 3.40. The Kier molecular flexibility index (Phi) is 5.32. The molecule has 0 aliphatic rings. The van der Waals surface area contributed by atoms with Crippen LogP contribution in [0.3, 0.4) is 0 Å². The van der Waals surface area contributed by atoms with E-state index in [1.165, 1.54) is 23.1 Å². The Hall–Kier alpha value is -1.45. The Morgan fingerprint density at radius 1 is 1.29 bits per heavy atom. The molecule has 0 aromatic carbocycles. The maximum atomic E-state index is 5.54. The molecule has 0 spiro atoms. The van der Waals surface area contributed by atoms with Crippen molar-refractivity contribution < 1.29 is 0 Å². The molecule has 0 radical (unpaired) electrons. The Morgan fingerprint density at radius 3 is 2.62 bits per heavy atom. The van der Waals surface area contributed by atoms with Gasteiger partial charge < -0.3 is 10.3 Å². The molecule has 0 saturated carbocycles. The highest BCUT2D eigenvalue weighted by molar-refractivity contribution is 8.01. The monoisotopic (exact) mass is 325 g/mol. The van der Waals surface area contributed by atoms with Crippen molar-refractivity contribution in [1.29, 1.82) is 0 Å². The lowest BCUT2D eigenvalue weighted by molar-refractivity contribution is 0.802. The van der Waals surface area contributed by atoms with Gasteiger partial charge in [0.2, 0.25) is 5.13 Å². The van der Waals surface area contributed by atoms with Gasteiger partial charge in [0, 0.05) is 26.1 Å². The van der Waals surface area contributed by atoms with E-state index in [4.69, 9.17) is 5.84 Å². The molecular formula is C12H19N7S2. The van der Waals surface area contributed by atoms with Gasteiger partial charge in [-0.2, -0.15) is 0 Å². The Morgan fingerprint density at radius 2 is 2.05 bits per heavy atom. The minimum Gasteiger partial charge on any atom is -0.353 e. The summed E-state index contributed by atoms with van der Waals surface area (Å²) in [6, 6.07) is 0. The lowest BCUT2D eigenvalue weighted by Gasteiger charge is -2.10. The molecule has 2 aromatic heterocycles. The summed E-state index contributed by atoms with van der Waals surface area (Å²) >= 11 is 3.03. The highest BCUT2D eigenvalue weighted by Gasteiger charge is 2.14. The zero-order valence-electron chi connectivity index (χ0n) is 12.5. The molecular weight excluding hydrogens is 306 g/mol. The summed E-state index contributed by atoms with van der Waals surface area (Å²) in [5, 5.41) is 10.0. The smallest absolute Gasteiger partial charge is 0.208 e. The quantitative estimate of drug-likeness (QED) is 0.474. The minimum atomic E-state index is 0.660. The van der Waals surface area contributed by atoms with Gasteiger partial charge in [-0.05, 0) is 25.1 Å². The molecule has 0 amide bonds. The summed E-state index contributed by atoms with van der Waals surface area (Å²) in [7, 11) is 3.89. The number of aryl methyl sites for hydroxylation is 1. The van der Waals surface area contributed by atoms with Crippen LogP contribution in [0.25, 0.3) is 0 Å². The molecule has 0 aliphatic carbocycles. The van der Waals surface area contributed by atoms with Crippen LogP contribution < -0.4 is 16.2 Å². The van der Waals surface area contributed by atoms with Gasteiger partial charge in [-0.25, -0.2) is 15.8 Å². The van der Waals surface area contributed by atoms with Gasteiger partial charge in [-0.3, -0.25) is 0 Å². The van der Waals surface area contributed by atoms with E-state index < -0.39 is 0 Å². The predicted molar refractivity (Wildman–Crippen MR) is 86.9 cm³/mol. The average Bonchev–Trinajstić information content (AvgIpc) is 2.91. The predicted octanol–water partition coefficient (Wildman–Crippen LogP) is 2.09. The summed E-state index contributed by atoms with van der Waals surface area (Å²) in [5.41, 5.74) is 3.56. The zero-order chi connectivity index (χ0) is 15.4. The van der Waals surface area contributed by atoms with E-state index >= 15 is 0 Å². The lowest BCUT2D eigenvalue weighted by atomic mass is 10.3. The normalized spacial score (nSPS) is 10.7. The van der Waals surface area contributed by atoms with Gasteiger partial charge in [0.05, 0.1) is 0 Å². The number of nitrogens with two attached hydrogens (primary N) is 1. The van der Waals surface area contributed by atoms with E-state index in [9.17, 15) is 0 Å². The van der Waals surface area contributed by atoms with Gasteiger partial charge >= 0.3 is 0 Å². The van der Waals surface area contributed by atoms with Crippen LogP contribution in [-0.4, -0.2) is 34.3 Å². The van der Waals surface area contributed by atoms with Crippen LogP contribution in [0.15, 0.2) is 9.37 Å². The van der Waals surface area contributed by atoms with E-state index in [-0.39, 0.29) is 0 Å². The summed E-state index contributed by atoms with van der Waals surface area (Å²) in [6.07, 6.45) is 1.81. The van der Waals surface area contributed by atoms with E-state index in [1.54, 1.807) is 0 Å². The summed E-state index contributed by atoms with van der Waals surface area (Å²) in [5.74, 6) is 6.99. The first-order valence-corrected chi connectivity index (χ1v) is 8.21. The standard InChI is InChI=1S/C12H19N7S2/c1-5-6-8-14-9(16-13)7(2)10(15-8)20-12-18-17-11(21-12)19(3)4/h5-6,13H2,1-4H3,(H,14,15,16). The number of hydrogen-bond acceptors (Lipinski definition) is 9. The highest BCUT2D eigenvalue weighted by atomic mass is 32.2. The van der Waals surface area contributed by atoms with Crippen LogP contribution in [0.2, 0.25) is 0 Å². The number of nitrogens with zero attached hydrogens (tertiary/aromatic N) is 5. The molecule has 21 heavy (non-hydrogen) atoms.